The monoisotopic (exact) mass is 228 g/mol. The van der Waals surface area contributed by atoms with Gasteiger partial charge in [-0.05, 0) is 24.3 Å². The zero-order valence-electron chi connectivity index (χ0n) is 10.2. The summed E-state index contributed by atoms with van der Waals surface area (Å²) < 4.78 is 0. The van der Waals surface area contributed by atoms with Gasteiger partial charge in [-0.3, -0.25) is 10.2 Å². The second-order valence-electron chi connectivity index (χ2n) is 5.34. The van der Waals surface area contributed by atoms with Gasteiger partial charge in [0.1, 0.15) is 0 Å². The van der Waals surface area contributed by atoms with Gasteiger partial charge in [0, 0.05) is 19.6 Å². The van der Waals surface area contributed by atoms with Crippen LogP contribution in [0.2, 0.25) is 0 Å². The number of benzene rings is 1. The van der Waals surface area contributed by atoms with Crippen LogP contribution in [0.1, 0.15) is 18.4 Å². The third-order valence-electron chi connectivity index (χ3n) is 4.15. The highest BCUT2D eigenvalue weighted by atomic mass is 15.4. The summed E-state index contributed by atoms with van der Waals surface area (Å²) in [4.78, 5) is 2.55. The highest BCUT2D eigenvalue weighted by Gasteiger charge is 2.54. The van der Waals surface area contributed by atoms with Crippen LogP contribution < -0.4 is 5.32 Å². The van der Waals surface area contributed by atoms with Crippen molar-refractivity contribution in [3.63, 3.8) is 0 Å². The van der Waals surface area contributed by atoms with E-state index in [-0.39, 0.29) is 5.66 Å². The summed E-state index contributed by atoms with van der Waals surface area (Å²) in [7, 11) is 0. The second kappa shape index (κ2) is 4.28. The van der Waals surface area contributed by atoms with Gasteiger partial charge in [-0.25, -0.2) is 0 Å². The highest BCUT2D eigenvalue weighted by molar-refractivity contribution is 5.16. The summed E-state index contributed by atoms with van der Waals surface area (Å²) in [5.41, 5.74) is 1.64. The predicted molar refractivity (Wildman–Crippen MR) is 70.5 cm³/mol. The standard InChI is InChI=1S/C15H20N2/c1-2-8-17-12-14-9-15(17,10-14)16-11-13-6-4-3-5-7-13/h2-7,14,16H,1,8-12H2. The van der Waals surface area contributed by atoms with E-state index >= 15 is 0 Å². The molecule has 2 heteroatoms. The Morgan fingerprint density at radius 2 is 2.12 bits per heavy atom. The van der Waals surface area contributed by atoms with E-state index in [4.69, 9.17) is 0 Å². The molecule has 90 valence electrons. The van der Waals surface area contributed by atoms with Crippen LogP contribution in [-0.4, -0.2) is 23.7 Å². The van der Waals surface area contributed by atoms with Gasteiger partial charge in [0.2, 0.25) is 0 Å². The normalized spacial score (nSPS) is 31.2. The fourth-order valence-electron chi connectivity index (χ4n) is 3.29. The van der Waals surface area contributed by atoms with Crippen LogP contribution in [0.3, 0.4) is 0 Å². The SMILES string of the molecule is C=CCN1CC2CC1(NCc1ccccc1)C2. The van der Waals surface area contributed by atoms with Gasteiger partial charge < -0.3 is 0 Å². The van der Waals surface area contributed by atoms with Crippen LogP contribution in [0.5, 0.6) is 0 Å². The lowest BCUT2D eigenvalue weighted by Crippen LogP contribution is -2.57. The maximum Gasteiger partial charge on any atom is 0.0724 e. The van der Waals surface area contributed by atoms with Gasteiger partial charge in [0.25, 0.3) is 0 Å². The van der Waals surface area contributed by atoms with E-state index in [2.05, 4.69) is 47.1 Å². The van der Waals surface area contributed by atoms with Crippen LogP contribution in [0.4, 0.5) is 0 Å². The van der Waals surface area contributed by atoms with Crippen LogP contribution in [0.25, 0.3) is 0 Å². The molecule has 0 amide bonds. The summed E-state index contributed by atoms with van der Waals surface area (Å²) in [6.45, 7) is 7.09. The number of nitrogens with one attached hydrogen (secondary N) is 1. The first kappa shape index (κ1) is 11.0. The number of rotatable bonds is 5. The molecule has 1 aromatic rings. The van der Waals surface area contributed by atoms with E-state index in [9.17, 15) is 0 Å². The van der Waals surface area contributed by atoms with E-state index < -0.39 is 0 Å². The van der Waals surface area contributed by atoms with Gasteiger partial charge in [-0.2, -0.15) is 0 Å². The third-order valence-corrected chi connectivity index (χ3v) is 4.15. The molecule has 1 aromatic carbocycles. The Morgan fingerprint density at radius 3 is 2.82 bits per heavy atom. The summed E-state index contributed by atoms with van der Waals surface area (Å²) >= 11 is 0. The van der Waals surface area contributed by atoms with E-state index in [1.54, 1.807) is 0 Å². The first-order valence-electron chi connectivity index (χ1n) is 6.47. The highest BCUT2D eigenvalue weighted by Crippen LogP contribution is 2.48. The smallest absolute Gasteiger partial charge is 0.0724 e. The molecule has 2 nitrogen and oxygen atoms in total. The lowest BCUT2D eigenvalue weighted by molar-refractivity contribution is 0.0744. The minimum absolute atomic E-state index is 0.273. The Hall–Kier alpha value is -1.12. The fourth-order valence-corrected chi connectivity index (χ4v) is 3.29. The molecule has 1 N–H and O–H groups in total. The van der Waals surface area contributed by atoms with Gasteiger partial charge >= 0.3 is 0 Å². The molecule has 2 bridgehead atoms. The van der Waals surface area contributed by atoms with Gasteiger partial charge in [-0.1, -0.05) is 36.4 Å². The Bertz CT molecular complexity index is 393. The summed E-state index contributed by atoms with van der Waals surface area (Å²) in [6, 6.07) is 10.7. The van der Waals surface area contributed by atoms with Crippen molar-refractivity contribution in [1.82, 2.24) is 10.2 Å². The minimum atomic E-state index is 0.273. The average Bonchev–Trinajstić information content (AvgIpc) is 2.82. The molecule has 3 aliphatic rings. The molecule has 1 aliphatic carbocycles. The molecular weight excluding hydrogens is 208 g/mol. The first-order chi connectivity index (χ1) is 8.32. The summed E-state index contributed by atoms with van der Waals surface area (Å²) in [5, 5.41) is 3.75. The summed E-state index contributed by atoms with van der Waals surface area (Å²) in [5.74, 6) is 0.915. The molecule has 17 heavy (non-hydrogen) atoms. The minimum Gasteiger partial charge on any atom is -0.295 e. The topological polar surface area (TPSA) is 15.3 Å². The van der Waals surface area contributed by atoms with Crippen molar-refractivity contribution in [2.24, 2.45) is 5.92 Å². The average molecular weight is 228 g/mol. The quantitative estimate of drug-likeness (QED) is 0.778. The number of nitrogens with zero attached hydrogens (tertiary/aromatic N) is 1. The van der Waals surface area contributed by atoms with Crippen LogP contribution in [-0.2, 0) is 6.54 Å². The zero-order valence-corrected chi connectivity index (χ0v) is 10.2. The molecule has 2 heterocycles. The van der Waals surface area contributed by atoms with Crippen LogP contribution in [0, 0.1) is 5.92 Å². The Kier molecular flexibility index (Phi) is 2.77. The molecule has 3 fully saturated rings. The molecule has 2 aliphatic heterocycles. The van der Waals surface area contributed by atoms with E-state index in [1.807, 2.05) is 6.08 Å². The number of fused-ring (bicyclic) bond motifs is 1. The van der Waals surface area contributed by atoms with Crippen molar-refractivity contribution < 1.29 is 0 Å². The molecule has 0 radical (unpaired) electrons. The predicted octanol–water partition coefficient (Wildman–Crippen LogP) is 2.38. The molecule has 0 unspecified atom stereocenters. The second-order valence-corrected chi connectivity index (χ2v) is 5.34. The van der Waals surface area contributed by atoms with Gasteiger partial charge in [0.15, 0.2) is 0 Å². The maximum atomic E-state index is 3.86. The van der Waals surface area contributed by atoms with Gasteiger partial charge in [0.05, 0.1) is 5.66 Å². The van der Waals surface area contributed by atoms with Crippen molar-refractivity contribution in [2.75, 3.05) is 13.1 Å². The first-order valence-corrected chi connectivity index (χ1v) is 6.47. The Balaban J connectivity index is 1.63. The van der Waals surface area contributed by atoms with Crippen molar-refractivity contribution in [3.8, 4) is 0 Å². The largest absolute Gasteiger partial charge is 0.295 e. The van der Waals surface area contributed by atoms with Crippen LogP contribution >= 0.6 is 0 Å². The van der Waals surface area contributed by atoms with Crippen molar-refractivity contribution >= 4 is 0 Å². The van der Waals surface area contributed by atoms with E-state index in [0.717, 1.165) is 19.0 Å². The van der Waals surface area contributed by atoms with Gasteiger partial charge in [-0.15, -0.1) is 6.58 Å². The third kappa shape index (κ3) is 1.92. The molecule has 0 spiro atoms. The Labute approximate surface area is 103 Å². The maximum absolute atomic E-state index is 3.86. The van der Waals surface area contributed by atoms with Crippen molar-refractivity contribution in [1.29, 1.82) is 0 Å². The molecular formula is C15H20N2. The molecule has 0 atom stereocenters. The lowest BCUT2D eigenvalue weighted by Gasteiger charge is -2.43. The fraction of sp³-hybridized carbons (Fsp3) is 0.467. The Morgan fingerprint density at radius 1 is 1.35 bits per heavy atom. The molecule has 2 saturated heterocycles. The summed E-state index contributed by atoms with van der Waals surface area (Å²) in [6.07, 6.45) is 4.65. The van der Waals surface area contributed by atoms with Crippen molar-refractivity contribution in [2.45, 2.75) is 25.0 Å². The zero-order chi connectivity index (χ0) is 11.7. The van der Waals surface area contributed by atoms with Crippen molar-refractivity contribution in [3.05, 3.63) is 48.6 Å². The number of hydrogen-bond donors (Lipinski definition) is 1. The van der Waals surface area contributed by atoms with Crippen LogP contribution in [0.15, 0.2) is 43.0 Å². The molecule has 0 aromatic heterocycles. The lowest BCUT2D eigenvalue weighted by atomic mass is 9.79. The molecule has 1 saturated carbocycles. The van der Waals surface area contributed by atoms with E-state index in [0.29, 0.717) is 0 Å². The number of hydrogen-bond acceptors (Lipinski definition) is 2. The molecule has 4 rings (SSSR count). The van der Waals surface area contributed by atoms with E-state index in [1.165, 1.54) is 24.9 Å².